The van der Waals surface area contributed by atoms with Gasteiger partial charge in [-0.15, -0.1) is 0 Å². The molecule has 1 saturated heterocycles. The summed E-state index contributed by atoms with van der Waals surface area (Å²) >= 11 is 0. The minimum Gasteiger partial charge on any atom is -0.474 e. The van der Waals surface area contributed by atoms with Gasteiger partial charge in [0.1, 0.15) is 23.8 Å². The molecule has 0 radical (unpaired) electrons. The van der Waals surface area contributed by atoms with Crippen molar-refractivity contribution in [1.82, 2.24) is 25.1 Å². The number of hydrogen-bond donors (Lipinski definition) is 0. The Kier molecular flexibility index (Phi) is 5.76. The fraction of sp³-hybridized carbons (Fsp3) is 0.333. The summed E-state index contributed by atoms with van der Waals surface area (Å²) in [6.45, 7) is 5.49. The molecule has 1 aliphatic rings. The minimum absolute atomic E-state index is 0.0508. The van der Waals surface area contributed by atoms with E-state index in [0.717, 1.165) is 25.9 Å². The second kappa shape index (κ2) is 9.02. The third kappa shape index (κ3) is 4.12. The fourth-order valence-electron chi connectivity index (χ4n) is 3.95. The molecule has 4 heterocycles. The molecule has 1 aliphatic heterocycles. The van der Waals surface area contributed by atoms with Gasteiger partial charge in [0.15, 0.2) is 5.82 Å². The van der Waals surface area contributed by atoms with Gasteiger partial charge in [-0.2, -0.15) is 10.2 Å². The van der Waals surface area contributed by atoms with E-state index in [0.29, 0.717) is 34.3 Å². The van der Waals surface area contributed by atoms with Crippen LogP contribution in [0.4, 0.5) is 10.4 Å². The number of pyridine rings is 1. The van der Waals surface area contributed by atoms with E-state index in [-0.39, 0.29) is 23.1 Å². The molecule has 9 nitrogen and oxygen atoms in total. The SMILES string of the molecule is CC(C)c1noc(N2CCC(Oc3ncnc4c(-c5ccc(C#N)cc5F)nccc34)CC2)n1. The van der Waals surface area contributed by atoms with Crippen LogP contribution in [0, 0.1) is 17.1 Å². The van der Waals surface area contributed by atoms with Crippen LogP contribution in [-0.2, 0) is 0 Å². The smallest absolute Gasteiger partial charge is 0.324 e. The summed E-state index contributed by atoms with van der Waals surface area (Å²) < 4.78 is 26.3. The van der Waals surface area contributed by atoms with Gasteiger partial charge in [-0.05, 0) is 24.3 Å². The van der Waals surface area contributed by atoms with Crippen LogP contribution >= 0.6 is 0 Å². The molecule has 34 heavy (non-hydrogen) atoms. The molecule has 0 unspecified atom stereocenters. The predicted molar refractivity (Wildman–Crippen MR) is 122 cm³/mol. The van der Waals surface area contributed by atoms with Crippen molar-refractivity contribution in [3.8, 4) is 23.2 Å². The lowest BCUT2D eigenvalue weighted by atomic mass is 10.1. The number of aromatic nitrogens is 5. The van der Waals surface area contributed by atoms with E-state index >= 15 is 0 Å². The average Bonchev–Trinajstić information content (AvgIpc) is 3.35. The van der Waals surface area contributed by atoms with Crippen molar-refractivity contribution in [3.05, 3.63) is 54.0 Å². The van der Waals surface area contributed by atoms with Gasteiger partial charge in [0, 0.05) is 43.6 Å². The Morgan fingerprint density at radius 3 is 2.71 bits per heavy atom. The van der Waals surface area contributed by atoms with E-state index in [1.165, 1.54) is 18.5 Å². The highest BCUT2D eigenvalue weighted by Crippen LogP contribution is 2.32. The van der Waals surface area contributed by atoms with E-state index in [4.69, 9.17) is 14.5 Å². The minimum atomic E-state index is -0.533. The van der Waals surface area contributed by atoms with Crippen LogP contribution in [0.25, 0.3) is 22.2 Å². The summed E-state index contributed by atoms with van der Waals surface area (Å²) in [4.78, 5) is 19.5. The average molecular weight is 459 g/mol. The fourth-order valence-corrected chi connectivity index (χ4v) is 3.95. The molecule has 5 rings (SSSR count). The summed E-state index contributed by atoms with van der Waals surface area (Å²) in [6, 6.07) is 8.52. The lowest BCUT2D eigenvalue weighted by molar-refractivity contribution is 0.164. The van der Waals surface area contributed by atoms with Crippen LogP contribution < -0.4 is 9.64 Å². The van der Waals surface area contributed by atoms with Crippen molar-refractivity contribution in [2.45, 2.75) is 38.7 Å². The zero-order valence-corrected chi connectivity index (χ0v) is 18.8. The van der Waals surface area contributed by atoms with E-state index in [1.54, 1.807) is 18.3 Å². The molecule has 1 aromatic carbocycles. The second-order valence-corrected chi connectivity index (χ2v) is 8.44. The number of nitriles is 1. The number of hydrogen-bond acceptors (Lipinski definition) is 9. The number of benzene rings is 1. The Bertz CT molecular complexity index is 1370. The van der Waals surface area contributed by atoms with Crippen LogP contribution in [0.1, 0.15) is 44.0 Å². The van der Waals surface area contributed by atoms with E-state index in [1.807, 2.05) is 19.9 Å². The van der Waals surface area contributed by atoms with Gasteiger partial charge in [0.05, 0.1) is 22.7 Å². The number of anilines is 1. The van der Waals surface area contributed by atoms with Crippen LogP contribution in [0.15, 0.2) is 41.3 Å². The zero-order valence-electron chi connectivity index (χ0n) is 18.8. The summed E-state index contributed by atoms with van der Waals surface area (Å²) in [5, 5.41) is 13.7. The van der Waals surface area contributed by atoms with Gasteiger partial charge in [-0.3, -0.25) is 4.98 Å². The van der Waals surface area contributed by atoms with Gasteiger partial charge >= 0.3 is 6.01 Å². The predicted octanol–water partition coefficient (Wildman–Crippen LogP) is 4.26. The molecule has 0 amide bonds. The van der Waals surface area contributed by atoms with Crippen molar-refractivity contribution in [1.29, 1.82) is 5.26 Å². The lowest BCUT2D eigenvalue weighted by Gasteiger charge is -2.30. The maximum Gasteiger partial charge on any atom is 0.324 e. The summed E-state index contributed by atoms with van der Waals surface area (Å²) in [5.41, 5.74) is 1.37. The van der Waals surface area contributed by atoms with Gasteiger partial charge in [-0.25, -0.2) is 14.4 Å². The molecule has 4 aromatic rings. The molecule has 0 saturated carbocycles. The Morgan fingerprint density at radius 2 is 2.00 bits per heavy atom. The van der Waals surface area contributed by atoms with Crippen LogP contribution in [0.5, 0.6) is 5.88 Å². The normalized spacial score (nSPS) is 14.5. The monoisotopic (exact) mass is 459 g/mol. The van der Waals surface area contributed by atoms with Crippen molar-refractivity contribution in [2.75, 3.05) is 18.0 Å². The molecule has 0 bridgehead atoms. The van der Waals surface area contributed by atoms with Crippen LogP contribution in [-0.4, -0.2) is 44.3 Å². The topological polar surface area (TPSA) is 114 Å². The quantitative estimate of drug-likeness (QED) is 0.432. The van der Waals surface area contributed by atoms with Crippen molar-refractivity contribution in [3.63, 3.8) is 0 Å². The number of ether oxygens (including phenoxy) is 1. The summed E-state index contributed by atoms with van der Waals surface area (Å²) in [7, 11) is 0. The van der Waals surface area contributed by atoms with Crippen molar-refractivity contribution >= 4 is 16.9 Å². The highest BCUT2D eigenvalue weighted by atomic mass is 19.1. The van der Waals surface area contributed by atoms with E-state index in [2.05, 4.69) is 30.0 Å². The molecular weight excluding hydrogens is 437 g/mol. The van der Waals surface area contributed by atoms with Crippen molar-refractivity contribution in [2.24, 2.45) is 0 Å². The Balaban J connectivity index is 1.35. The molecule has 172 valence electrons. The lowest BCUT2D eigenvalue weighted by Crippen LogP contribution is -2.38. The number of nitrogens with zero attached hydrogens (tertiary/aromatic N) is 7. The molecule has 0 spiro atoms. The van der Waals surface area contributed by atoms with Crippen molar-refractivity contribution < 1.29 is 13.7 Å². The first-order chi connectivity index (χ1) is 16.5. The first kappa shape index (κ1) is 21.7. The van der Waals surface area contributed by atoms with Crippen LogP contribution in [0.3, 0.4) is 0 Å². The highest BCUT2D eigenvalue weighted by Gasteiger charge is 2.26. The largest absolute Gasteiger partial charge is 0.474 e. The molecule has 0 aliphatic carbocycles. The third-order valence-electron chi connectivity index (χ3n) is 5.81. The van der Waals surface area contributed by atoms with Gasteiger partial charge < -0.3 is 14.2 Å². The number of rotatable bonds is 5. The third-order valence-corrected chi connectivity index (χ3v) is 5.81. The summed E-state index contributed by atoms with van der Waals surface area (Å²) in [5.74, 6) is 0.806. The standard InChI is InChI=1S/C24H22FN7O2/c1-14(2)22-30-24(34-31-22)32-9-6-16(7-10-32)33-23-18-5-8-27-20(21(18)28-13-29-23)17-4-3-15(12-26)11-19(17)25/h3-5,8,11,13-14,16H,6-7,9-10H2,1-2H3. The molecule has 3 aromatic heterocycles. The highest BCUT2D eigenvalue weighted by molar-refractivity contribution is 5.94. The molecule has 0 N–H and O–H groups in total. The number of halogens is 1. The Hall–Kier alpha value is -4.13. The van der Waals surface area contributed by atoms with Gasteiger partial charge in [-0.1, -0.05) is 19.0 Å². The molecule has 10 heteroatoms. The molecule has 1 fully saturated rings. The number of piperidine rings is 1. The molecular formula is C24H22FN7O2. The molecule has 0 atom stereocenters. The first-order valence-corrected chi connectivity index (χ1v) is 11.1. The van der Waals surface area contributed by atoms with Gasteiger partial charge in [0.25, 0.3) is 0 Å². The summed E-state index contributed by atoms with van der Waals surface area (Å²) in [6.07, 6.45) is 4.44. The Labute approximate surface area is 195 Å². The maximum atomic E-state index is 14.7. The maximum absolute atomic E-state index is 14.7. The van der Waals surface area contributed by atoms with Crippen LogP contribution in [0.2, 0.25) is 0 Å². The first-order valence-electron chi connectivity index (χ1n) is 11.1. The van der Waals surface area contributed by atoms with Gasteiger partial charge in [0.2, 0.25) is 5.88 Å². The second-order valence-electron chi connectivity index (χ2n) is 8.44. The van der Waals surface area contributed by atoms with E-state index < -0.39 is 5.82 Å². The number of fused-ring (bicyclic) bond motifs is 1. The van der Waals surface area contributed by atoms with E-state index in [9.17, 15) is 4.39 Å². The Morgan fingerprint density at radius 1 is 1.18 bits per heavy atom. The zero-order chi connectivity index (χ0) is 23.7.